The molecule has 0 saturated carbocycles. The summed E-state index contributed by atoms with van der Waals surface area (Å²) in [5.41, 5.74) is 0.359. The van der Waals surface area contributed by atoms with Gasteiger partial charge in [-0.3, -0.25) is 9.10 Å². The van der Waals surface area contributed by atoms with Gasteiger partial charge in [0, 0.05) is 12.6 Å². The molecule has 92 valence electrons. The van der Waals surface area contributed by atoms with Crippen molar-refractivity contribution in [2.24, 2.45) is 0 Å². The minimum atomic E-state index is -3.37. The normalized spacial score (nSPS) is 10.9. The maximum absolute atomic E-state index is 11.2. The fraction of sp³-hybridized carbons (Fsp3) is 0.200. The first-order chi connectivity index (χ1) is 7.73. The summed E-state index contributed by atoms with van der Waals surface area (Å²) >= 11 is 0. The topological polar surface area (TPSA) is 91.8 Å². The number of nitrogens with zero attached hydrogens (tertiary/aromatic N) is 1. The molecule has 1 aromatic carbocycles. The van der Waals surface area contributed by atoms with E-state index in [1.54, 1.807) is 0 Å². The highest BCUT2D eigenvalue weighted by Crippen LogP contribution is 2.16. The highest BCUT2D eigenvalue weighted by Gasteiger charge is 2.16. The minimum Gasteiger partial charge on any atom is -0.475 e. The Morgan fingerprint density at radius 2 is 1.65 bits per heavy atom. The first kappa shape index (κ1) is 13.2. The molecule has 1 aromatic rings. The van der Waals surface area contributed by atoms with Crippen LogP contribution in [0.2, 0.25) is 0 Å². The van der Waals surface area contributed by atoms with Crippen LogP contribution in [0.5, 0.6) is 0 Å². The van der Waals surface area contributed by atoms with E-state index in [0.29, 0.717) is 5.69 Å². The molecule has 1 rings (SSSR count). The van der Waals surface area contributed by atoms with Gasteiger partial charge in [-0.2, -0.15) is 0 Å². The van der Waals surface area contributed by atoms with E-state index < -0.39 is 21.8 Å². The van der Waals surface area contributed by atoms with Gasteiger partial charge in [-0.1, -0.05) is 0 Å². The van der Waals surface area contributed by atoms with Crippen molar-refractivity contribution in [2.45, 2.75) is 0 Å². The summed E-state index contributed by atoms with van der Waals surface area (Å²) in [7, 11) is -2.01. The van der Waals surface area contributed by atoms with Gasteiger partial charge in [0.1, 0.15) is 0 Å². The van der Waals surface area contributed by atoms with E-state index >= 15 is 0 Å². The van der Waals surface area contributed by atoms with Crippen molar-refractivity contribution in [3.05, 3.63) is 29.8 Å². The lowest BCUT2D eigenvalue weighted by molar-refractivity contribution is -0.131. The van der Waals surface area contributed by atoms with Crippen LogP contribution in [0, 0.1) is 0 Å². The number of carboxylic acids is 1. The summed E-state index contributed by atoms with van der Waals surface area (Å²) in [4.78, 5) is 21.5. The number of Topliss-reactive ketones (excluding diaryl/α,β-unsaturated/α-hetero) is 1. The maximum Gasteiger partial charge on any atom is 0.377 e. The largest absolute Gasteiger partial charge is 0.475 e. The van der Waals surface area contributed by atoms with E-state index in [9.17, 15) is 18.0 Å². The van der Waals surface area contributed by atoms with Crippen molar-refractivity contribution in [3.8, 4) is 0 Å². The summed E-state index contributed by atoms with van der Waals surface area (Å²) < 4.78 is 23.5. The van der Waals surface area contributed by atoms with Crippen LogP contribution < -0.4 is 4.31 Å². The molecule has 6 nitrogen and oxygen atoms in total. The zero-order valence-electron chi connectivity index (χ0n) is 9.25. The molecule has 0 atom stereocenters. The Bertz CT molecular complexity index is 547. The number of carbonyl (C=O) groups is 2. The van der Waals surface area contributed by atoms with E-state index in [4.69, 9.17) is 5.11 Å². The lowest BCUT2D eigenvalue weighted by Crippen LogP contribution is -2.24. The first-order valence-electron chi connectivity index (χ1n) is 4.55. The Labute approximate surface area is 98.5 Å². The highest BCUT2D eigenvalue weighted by molar-refractivity contribution is 7.92. The van der Waals surface area contributed by atoms with Crippen LogP contribution in [-0.2, 0) is 14.8 Å². The van der Waals surface area contributed by atoms with Crippen molar-refractivity contribution in [2.75, 3.05) is 17.6 Å². The Hall–Kier alpha value is -1.89. The molecule has 7 heteroatoms. The molecule has 1 N–H and O–H groups in total. The average Bonchev–Trinajstić information content (AvgIpc) is 2.26. The molecule has 0 saturated heterocycles. The van der Waals surface area contributed by atoms with Gasteiger partial charge in [0.05, 0.1) is 11.9 Å². The third-order valence-corrected chi connectivity index (χ3v) is 3.39. The van der Waals surface area contributed by atoms with Crippen LogP contribution in [0.15, 0.2) is 24.3 Å². The van der Waals surface area contributed by atoms with Crippen molar-refractivity contribution in [1.29, 1.82) is 0 Å². The predicted molar refractivity (Wildman–Crippen MR) is 61.7 cm³/mol. The standard InChI is InChI=1S/C10H11NO5S/c1-11(17(2,15)16)8-5-3-7(4-6-8)9(12)10(13)14/h3-6H,1-2H3,(H,13,14). The summed E-state index contributed by atoms with van der Waals surface area (Å²) in [5.74, 6) is -2.58. The minimum absolute atomic E-state index is 0.00292. The Morgan fingerprint density at radius 1 is 1.18 bits per heavy atom. The fourth-order valence-electron chi connectivity index (χ4n) is 1.14. The quantitative estimate of drug-likeness (QED) is 0.620. The number of carbonyl (C=O) groups excluding carboxylic acids is 1. The third kappa shape index (κ3) is 3.04. The summed E-state index contributed by atoms with van der Waals surface area (Å²) in [6.45, 7) is 0. The van der Waals surface area contributed by atoms with Gasteiger partial charge in [0.25, 0.3) is 5.78 Å². The van der Waals surface area contributed by atoms with Gasteiger partial charge < -0.3 is 5.11 Å². The summed E-state index contributed by atoms with van der Waals surface area (Å²) in [6.07, 6.45) is 1.04. The lowest BCUT2D eigenvalue weighted by Gasteiger charge is -2.16. The molecule has 0 aromatic heterocycles. The number of hydrogen-bond acceptors (Lipinski definition) is 4. The molecule has 0 fully saturated rings. The van der Waals surface area contributed by atoms with Gasteiger partial charge >= 0.3 is 5.97 Å². The zero-order chi connectivity index (χ0) is 13.2. The van der Waals surface area contributed by atoms with E-state index in [2.05, 4.69) is 0 Å². The predicted octanol–water partition coefficient (Wildman–Crippen LogP) is 0.350. The number of carboxylic acid groups (broad SMARTS) is 1. The fourth-order valence-corrected chi connectivity index (χ4v) is 1.64. The van der Waals surface area contributed by atoms with Crippen LogP contribution >= 0.6 is 0 Å². The SMILES string of the molecule is CN(c1ccc(C(=O)C(=O)O)cc1)S(C)(=O)=O. The number of benzene rings is 1. The number of ketones is 1. The van der Waals surface area contributed by atoms with E-state index in [1.165, 1.54) is 31.3 Å². The summed E-state index contributed by atoms with van der Waals surface area (Å²) in [6, 6.07) is 5.29. The lowest BCUT2D eigenvalue weighted by atomic mass is 10.1. The number of rotatable bonds is 4. The van der Waals surface area contributed by atoms with Crippen molar-refractivity contribution >= 4 is 27.5 Å². The number of anilines is 1. The molecule has 17 heavy (non-hydrogen) atoms. The molecule has 0 radical (unpaired) electrons. The molecule has 0 unspecified atom stereocenters. The van der Waals surface area contributed by atoms with E-state index in [1.807, 2.05) is 0 Å². The molecule has 0 spiro atoms. The van der Waals surface area contributed by atoms with Crippen molar-refractivity contribution < 1.29 is 23.1 Å². The van der Waals surface area contributed by atoms with Crippen molar-refractivity contribution in [3.63, 3.8) is 0 Å². The summed E-state index contributed by atoms with van der Waals surface area (Å²) in [5, 5.41) is 8.49. The second-order valence-electron chi connectivity index (χ2n) is 3.41. The van der Waals surface area contributed by atoms with Gasteiger partial charge in [0.2, 0.25) is 10.0 Å². The third-order valence-electron chi connectivity index (χ3n) is 2.18. The monoisotopic (exact) mass is 257 g/mol. The molecular weight excluding hydrogens is 246 g/mol. The number of sulfonamides is 1. The van der Waals surface area contributed by atoms with Gasteiger partial charge in [0.15, 0.2) is 0 Å². The molecule has 0 heterocycles. The molecule has 0 amide bonds. The number of hydrogen-bond donors (Lipinski definition) is 1. The highest BCUT2D eigenvalue weighted by atomic mass is 32.2. The number of aliphatic carboxylic acids is 1. The van der Waals surface area contributed by atoms with Crippen LogP contribution in [-0.4, -0.2) is 38.6 Å². The second kappa shape index (κ2) is 4.54. The molecule has 0 aliphatic heterocycles. The van der Waals surface area contributed by atoms with E-state index in [0.717, 1.165) is 10.6 Å². The molecule has 0 bridgehead atoms. The van der Waals surface area contributed by atoms with Gasteiger partial charge in [-0.05, 0) is 24.3 Å². The van der Waals surface area contributed by atoms with Crippen molar-refractivity contribution in [1.82, 2.24) is 0 Å². The van der Waals surface area contributed by atoms with Crippen LogP contribution in [0.1, 0.15) is 10.4 Å². The Kier molecular flexibility index (Phi) is 3.52. The van der Waals surface area contributed by atoms with E-state index in [-0.39, 0.29) is 5.56 Å². The maximum atomic E-state index is 11.2. The van der Waals surface area contributed by atoms with Gasteiger partial charge in [-0.15, -0.1) is 0 Å². The first-order valence-corrected chi connectivity index (χ1v) is 6.40. The Morgan fingerprint density at radius 3 is 2.00 bits per heavy atom. The average molecular weight is 257 g/mol. The molecule has 0 aliphatic rings. The second-order valence-corrected chi connectivity index (χ2v) is 5.43. The van der Waals surface area contributed by atoms with Crippen LogP contribution in [0.4, 0.5) is 5.69 Å². The Balaban J connectivity index is 3.05. The molecule has 0 aliphatic carbocycles. The van der Waals surface area contributed by atoms with Gasteiger partial charge in [-0.25, -0.2) is 13.2 Å². The van der Waals surface area contributed by atoms with Crippen LogP contribution in [0.3, 0.4) is 0 Å². The molecular formula is C10H11NO5S. The van der Waals surface area contributed by atoms with Crippen LogP contribution in [0.25, 0.3) is 0 Å². The zero-order valence-corrected chi connectivity index (χ0v) is 10.1. The smallest absolute Gasteiger partial charge is 0.377 e.